The Hall–Kier alpha value is -1.86. The molecular weight excluding hydrogens is 334 g/mol. The number of carbonyl (C=O) groups is 1. The van der Waals surface area contributed by atoms with Gasteiger partial charge in [-0.25, -0.2) is 13.6 Å². The molecule has 0 radical (unpaired) electrons. The number of piperidine rings is 1. The van der Waals surface area contributed by atoms with Gasteiger partial charge in [-0.3, -0.25) is 4.79 Å². The van der Waals surface area contributed by atoms with Gasteiger partial charge in [0.2, 0.25) is 5.92 Å². The number of hydrogen-bond acceptors (Lipinski definition) is 4. The molecule has 1 saturated heterocycles. The molecule has 1 aromatic rings. The number of methoxy groups -OCH3 is 1. The second-order valence-electron chi connectivity index (χ2n) is 7.19. The number of nitrogens with one attached hydrogen (secondary N) is 1. The highest BCUT2D eigenvalue weighted by Gasteiger charge is 2.39. The predicted molar refractivity (Wildman–Crippen MR) is 85.7 cm³/mol. The van der Waals surface area contributed by atoms with Crippen LogP contribution in [0, 0.1) is 5.92 Å². The first-order valence-electron chi connectivity index (χ1n) is 8.79. The summed E-state index contributed by atoms with van der Waals surface area (Å²) in [7, 11) is 1.35. The van der Waals surface area contributed by atoms with Crippen molar-refractivity contribution >= 4 is 6.09 Å². The number of halogens is 2. The van der Waals surface area contributed by atoms with E-state index in [0.717, 1.165) is 0 Å². The molecule has 25 heavy (non-hydrogen) atoms. The molecule has 6 nitrogen and oxygen atoms in total. The summed E-state index contributed by atoms with van der Waals surface area (Å²) in [6.45, 7) is 0.500. The fourth-order valence-electron chi connectivity index (χ4n) is 4.11. The van der Waals surface area contributed by atoms with Crippen LogP contribution < -0.4 is 5.56 Å². The lowest BCUT2D eigenvalue weighted by Gasteiger charge is -2.40. The number of ether oxygens (including phenoxy) is 1. The van der Waals surface area contributed by atoms with Gasteiger partial charge >= 0.3 is 6.09 Å². The second kappa shape index (κ2) is 7.17. The highest BCUT2D eigenvalue weighted by atomic mass is 19.3. The van der Waals surface area contributed by atoms with Crippen LogP contribution in [0.3, 0.4) is 0 Å². The van der Waals surface area contributed by atoms with Crippen molar-refractivity contribution in [1.29, 1.82) is 0 Å². The van der Waals surface area contributed by atoms with E-state index in [-0.39, 0.29) is 42.4 Å². The van der Waals surface area contributed by atoms with E-state index in [9.17, 15) is 18.4 Å². The van der Waals surface area contributed by atoms with Gasteiger partial charge in [0, 0.05) is 37.4 Å². The summed E-state index contributed by atoms with van der Waals surface area (Å²) in [5.74, 6) is -1.75. The quantitative estimate of drug-likeness (QED) is 0.897. The monoisotopic (exact) mass is 358 g/mol. The van der Waals surface area contributed by atoms with Gasteiger partial charge in [-0.15, -0.1) is 0 Å². The molecule has 2 atom stereocenters. The summed E-state index contributed by atoms with van der Waals surface area (Å²) in [4.78, 5) is 25.1. The van der Waals surface area contributed by atoms with Gasteiger partial charge < -0.3 is 14.2 Å². The van der Waals surface area contributed by atoms with E-state index in [2.05, 4.69) is 5.16 Å². The molecule has 1 N–H and O–H groups in total. The van der Waals surface area contributed by atoms with E-state index in [1.54, 1.807) is 4.90 Å². The lowest BCUT2D eigenvalue weighted by molar-refractivity contribution is -0.0498. The van der Waals surface area contributed by atoms with Crippen molar-refractivity contribution in [3.63, 3.8) is 0 Å². The molecule has 8 heteroatoms. The van der Waals surface area contributed by atoms with Crippen molar-refractivity contribution in [3.8, 4) is 0 Å². The average Bonchev–Trinajstić information content (AvgIpc) is 3.02. The summed E-state index contributed by atoms with van der Waals surface area (Å²) >= 11 is 0. The number of amides is 1. The summed E-state index contributed by atoms with van der Waals surface area (Å²) in [5.41, 5.74) is -0.281. The molecule has 0 bridgehead atoms. The molecule has 1 saturated carbocycles. The molecule has 2 aliphatic rings. The van der Waals surface area contributed by atoms with Crippen LogP contribution in [0.25, 0.3) is 0 Å². The van der Waals surface area contributed by atoms with Crippen LogP contribution in [-0.4, -0.2) is 41.8 Å². The smallest absolute Gasteiger partial charge is 0.409 e. The number of likely N-dealkylation sites (tertiary alicyclic amines) is 1. The Bertz CT molecular complexity index is 647. The van der Waals surface area contributed by atoms with Crippen LogP contribution in [0.1, 0.15) is 56.6 Å². The lowest BCUT2D eigenvalue weighted by atomic mass is 9.79. The van der Waals surface area contributed by atoms with Gasteiger partial charge in [-0.05, 0) is 38.0 Å². The van der Waals surface area contributed by atoms with Crippen molar-refractivity contribution < 1.29 is 22.8 Å². The van der Waals surface area contributed by atoms with E-state index in [1.165, 1.54) is 13.2 Å². The number of H-pyrrole nitrogens is 1. The summed E-state index contributed by atoms with van der Waals surface area (Å²) in [5, 5.41) is 2.30. The molecule has 0 spiro atoms. The molecule has 0 unspecified atom stereocenters. The summed E-state index contributed by atoms with van der Waals surface area (Å²) < 4.78 is 36.8. The minimum atomic E-state index is -2.55. The maximum atomic E-state index is 13.4. The fraction of sp³-hybridized carbons (Fsp3) is 0.765. The molecule has 1 aliphatic carbocycles. The molecule has 140 valence electrons. The SMILES string of the molecule is COC(=O)N1CC[C@H](c2cc(=O)[nH]o2)C[C@H]1CC1CCC(F)(F)CC1. The normalized spacial score (nSPS) is 27.2. The fourth-order valence-corrected chi connectivity index (χ4v) is 4.11. The maximum absolute atomic E-state index is 13.4. The van der Waals surface area contributed by atoms with Crippen molar-refractivity contribution in [2.24, 2.45) is 5.92 Å². The number of hydrogen-bond donors (Lipinski definition) is 1. The third kappa shape index (κ3) is 4.22. The highest BCUT2D eigenvalue weighted by Crippen LogP contribution is 2.41. The van der Waals surface area contributed by atoms with Crippen LogP contribution in [0.5, 0.6) is 0 Å². The standard InChI is InChI=1S/C17H24F2N2O4/c1-24-16(23)21-7-4-12(14-10-15(22)20-25-14)9-13(21)8-11-2-5-17(18,19)6-3-11/h10-13H,2-9H2,1H3,(H,20,22)/t12-,13+/m0/s1. The van der Waals surface area contributed by atoms with E-state index >= 15 is 0 Å². The minimum absolute atomic E-state index is 0.0369. The largest absolute Gasteiger partial charge is 0.453 e. The zero-order valence-corrected chi connectivity index (χ0v) is 14.3. The van der Waals surface area contributed by atoms with Crippen LogP contribution in [0.15, 0.2) is 15.4 Å². The van der Waals surface area contributed by atoms with Gasteiger partial charge in [0.15, 0.2) is 0 Å². The van der Waals surface area contributed by atoms with E-state index in [0.29, 0.717) is 44.4 Å². The number of carbonyl (C=O) groups excluding carboxylic acids is 1. The predicted octanol–water partition coefficient (Wildman–Crippen LogP) is 3.50. The Labute approximate surface area is 144 Å². The summed E-state index contributed by atoms with van der Waals surface area (Å²) in [6, 6.07) is 1.35. The summed E-state index contributed by atoms with van der Waals surface area (Å²) in [6.07, 6.45) is 2.39. The number of alkyl halides is 2. The number of aromatic nitrogens is 1. The van der Waals surface area contributed by atoms with Gasteiger partial charge in [0.05, 0.1) is 7.11 Å². The number of rotatable bonds is 3. The first-order valence-corrected chi connectivity index (χ1v) is 8.79. The van der Waals surface area contributed by atoms with E-state index in [4.69, 9.17) is 9.26 Å². The number of aromatic amines is 1. The third-order valence-electron chi connectivity index (χ3n) is 5.51. The highest BCUT2D eigenvalue weighted by molar-refractivity contribution is 5.68. The lowest BCUT2D eigenvalue weighted by Crippen LogP contribution is -2.46. The second-order valence-corrected chi connectivity index (χ2v) is 7.19. The minimum Gasteiger partial charge on any atom is -0.453 e. The first kappa shape index (κ1) is 17.9. The van der Waals surface area contributed by atoms with Gasteiger partial charge in [-0.1, -0.05) is 0 Å². The third-order valence-corrected chi connectivity index (χ3v) is 5.51. The van der Waals surface area contributed by atoms with Crippen molar-refractivity contribution in [1.82, 2.24) is 10.1 Å². The Balaban J connectivity index is 1.69. The molecular formula is C17H24F2N2O4. The van der Waals surface area contributed by atoms with Crippen LogP contribution >= 0.6 is 0 Å². The van der Waals surface area contributed by atoms with Gasteiger partial charge in [0.1, 0.15) is 5.76 Å². The van der Waals surface area contributed by atoms with Crippen LogP contribution in [-0.2, 0) is 4.74 Å². The first-order chi connectivity index (χ1) is 11.9. The molecule has 3 rings (SSSR count). The Morgan fingerprint density at radius 2 is 2.12 bits per heavy atom. The zero-order valence-electron chi connectivity index (χ0n) is 14.3. The van der Waals surface area contributed by atoms with Gasteiger partial charge in [-0.2, -0.15) is 5.16 Å². The van der Waals surface area contributed by atoms with E-state index in [1.807, 2.05) is 0 Å². The molecule has 2 heterocycles. The molecule has 1 amide bonds. The van der Waals surface area contributed by atoms with E-state index < -0.39 is 5.92 Å². The van der Waals surface area contributed by atoms with Crippen LogP contribution in [0.4, 0.5) is 13.6 Å². The Kier molecular flexibility index (Phi) is 5.15. The zero-order chi connectivity index (χ0) is 18.0. The maximum Gasteiger partial charge on any atom is 0.409 e. The molecule has 0 aromatic carbocycles. The topological polar surface area (TPSA) is 75.5 Å². The molecule has 2 fully saturated rings. The van der Waals surface area contributed by atoms with Crippen LogP contribution in [0.2, 0.25) is 0 Å². The molecule has 1 aliphatic heterocycles. The van der Waals surface area contributed by atoms with Gasteiger partial charge in [0.25, 0.3) is 5.56 Å². The van der Waals surface area contributed by atoms with Crippen molar-refractivity contribution in [2.45, 2.75) is 62.8 Å². The Morgan fingerprint density at radius 1 is 1.40 bits per heavy atom. The van der Waals surface area contributed by atoms with Crippen molar-refractivity contribution in [2.75, 3.05) is 13.7 Å². The Morgan fingerprint density at radius 3 is 2.72 bits per heavy atom. The average molecular weight is 358 g/mol. The van der Waals surface area contributed by atoms with Crippen molar-refractivity contribution in [3.05, 3.63) is 22.2 Å². The number of nitrogens with zero attached hydrogens (tertiary/aromatic N) is 1. The molecule has 1 aromatic heterocycles.